The van der Waals surface area contributed by atoms with Gasteiger partial charge in [0.2, 0.25) is 5.89 Å². The summed E-state index contributed by atoms with van der Waals surface area (Å²) in [7, 11) is 1.42. The van der Waals surface area contributed by atoms with Crippen LogP contribution in [0.25, 0.3) is 11.5 Å². The quantitative estimate of drug-likeness (QED) is 0.352. The highest BCUT2D eigenvalue weighted by Gasteiger charge is 2.11. The summed E-state index contributed by atoms with van der Waals surface area (Å²) in [4.78, 5) is 15.8. The van der Waals surface area contributed by atoms with E-state index in [1.54, 1.807) is 0 Å². The Morgan fingerprint density at radius 1 is 1.03 bits per heavy atom. The van der Waals surface area contributed by atoms with Crippen molar-refractivity contribution < 1.29 is 18.7 Å². The highest BCUT2D eigenvalue weighted by atomic mass is 16.5. The monoisotopic (exact) mass is 393 g/mol. The first-order chi connectivity index (χ1) is 14.2. The average molecular weight is 393 g/mol. The van der Waals surface area contributed by atoms with E-state index in [4.69, 9.17) is 9.15 Å². The third-order valence-electron chi connectivity index (χ3n) is 4.74. The summed E-state index contributed by atoms with van der Waals surface area (Å²) in [6.07, 6.45) is 3.84. The molecular weight excluding hydrogens is 366 g/mol. The molecule has 0 unspecified atom stereocenters. The molecule has 0 radical (unpaired) electrons. The smallest absolute Gasteiger partial charge is 0.305 e. The van der Waals surface area contributed by atoms with Gasteiger partial charge < -0.3 is 13.9 Å². The molecule has 2 aromatic carbocycles. The van der Waals surface area contributed by atoms with Gasteiger partial charge >= 0.3 is 5.97 Å². The molecule has 1 aromatic heterocycles. The molecule has 0 amide bonds. The van der Waals surface area contributed by atoms with E-state index in [1.165, 1.54) is 12.7 Å². The first-order valence-corrected chi connectivity index (χ1v) is 9.96. The molecule has 0 atom stereocenters. The van der Waals surface area contributed by atoms with E-state index in [1.807, 2.05) is 49.4 Å². The molecule has 0 N–H and O–H groups in total. The lowest BCUT2D eigenvalue weighted by atomic mass is 10.1. The topological polar surface area (TPSA) is 61.6 Å². The zero-order chi connectivity index (χ0) is 20.5. The molecule has 29 heavy (non-hydrogen) atoms. The number of nitrogens with zero attached hydrogens (tertiary/aromatic N) is 1. The second-order valence-corrected chi connectivity index (χ2v) is 6.92. The maximum Gasteiger partial charge on any atom is 0.305 e. The van der Waals surface area contributed by atoms with Crippen LogP contribution in [-0.2, 0) is 22.4 Å². The Labute approximate surface area is 171 Å². The van der Waals surface area contributed by atoms with E-state index in [0.717, 1.165) is 42.0 Å². The lowest BCUT2D eigenvalue weighted by molar-refractivity contribution is -0.140. The number of aromatic nitrogens is 1. The summed E-state index contributed by atoms with van der Waals surface area (Å²) in [6, 6.07) is 18.0. The predicted molar refractivity (Wildman–Crippen MR) is 112 cm³/mol. The molecule has 5 heteroatoms. The zero-order valence-corrected chi connectivity index (χ0v) is 17.0. The molecule has 0 fully saturated rings. The summed E-state index contributed by atoms with van der Waals surface area (Å²) in [5.41, 5.74) is 3.10. The lowest BCUT2D eigenvalue weighted by Crippen LogP contribution is -2.03. The third-order valence-corrected chi connectivity index (χ3v) is 4.74. The number of benzene rings is 2. The highest BCUT2D eigenvalue weighted by molar-refractivity contribution is 5.69. The summed E-state index contributed by atoms with van der Waals surface area (Å²) in [6.45, 7) is 2.47. The number of hydrogen-bond acceptors (Lipinski definition) is 5. The lowest BCUT2D eigenvalue weighted by Gasteiger charge is -2.08. The van der Waals surface area contributed by atoms with Gasteiger partial charge in [-0.25, -0.2) is 4.98 Å². The van der Waals surface area contributed by atoms with Crippen LogP contribution in [-0.4, -0.2) is 24.7 Å². The van der Waals surface area contributed by atoms with Crippen LogP contribution in [0.4, 0.5) is 0 Å². The number of ether oxygens (including phenoxy) is 2. The minimum absolute atomic E-state index is 0.152. The van der Waals surface area contributed by atoms with Gasteiger partial charge in [0, 0.05) is 18.4 Å². The molecule has 1 heterocycles. The third kappa shape index (κ3) is 6.21. The van der Waals surface area contributed by atoms with Crippen LogP contribution in [0, 0.1) is 6.92 Å². The van der Waals surface area contributed by atoms with Crippen molar-refractivity contribution in [2.75, 3.05) is 13.7 Å². The van der Waals surface area contributed by atoms with Gasteiger partial charge in [-0.05, 0) is 56.0 Å². The first kappa shape index (κ1) is 20.6. The number of rotatable bonds is 10. The molecule has 5 nitrogen and oxygen atoms in total. The van der Waals surface area contributed by atoms with Crippen molar-refractivity contribution in [3.8, 4) is 17.2 Å². The number of oxazole rings is 1. The van der Waals surface area contributed by atoms with Crippen LogP contribution in [0.5, 0.6) is 5.75 Å². The van der Waals surface area contributed by atoms with Gasteiger partial charge in [0.25, 0.3) is 0 Å². The molecule has 0 saturated carbocycles. The summed E-state index contributed by atoms with van der Waals surface area (Å²) < 4.78 is 16.4. The summed E-state index contributed by atoms with van der Waals surface area (Å²) in [5.74, 6) is 2.17. The summed E-state index contributed by atoms with van der Waals surface area (Å²) in [5, 5.41) is 0. The fourth-order valence-corrected chi connectivity index (χ4v) is 3.12. The fraction of sp³-hybridized carbons (Fsp3) is 0.333. The van der Waals surface area contributed by atoms with Gasteiger partial charge in [-0.2, -0.15) is 0 Å². The second kappa shape index (κ2) is 10.5. The molecule has 0 aliphatic heterocycles. The number of aryl methyl sites for hydroxylation is 2. The molecule has 0 bridgehead atoms. The summed E-state index contributed by atoms with van der Waals surface area (Å²) >= 11 is 0. The van der Waals surface area contributed by atoms with Crippen LogP contribution in [0.1, 0.15) is 36.3 Å². The van der Waals surface area contributed by atoms with Crippen LogP contribution in [0.15, 0.2) is 59.0 Å². The molecule has 0 aliphatic rings. The van der Waals surface area contributed by atoms with Crippen molar-refractivity contribution in [2.24, 2.45) is 0 Å². The number of methoxy groups -OCH3 is 1. The van der Waals surface area contributed by atoms with Gasteiger partial charge in [-0.3, -0.25) is 4.79 Å². The molecular formula is C24H27NO4. The Morgan fingerprint density at radius 3 is 2.66 bits per heavy atom. The minimum atomic E-state index is -0.152. The number of carbonyl (C=O) groups excluding carboxylic acids is 1. The van der Waals surface area contributed by atoms with E-state index < -0.39 is 0 Å². The van der Waals surface area contributed by atoms with Crippen molar-refractivity contribution in [2.45, 2.75) is 39.0 Å². The molecule has 3 aromatic rings. The normalized spacial score (nSPS) is 10.7. The number of unbranched alkanes of at least 4 members (excludes halogenated alkanes) is 1. The first-order valence-electron chi connectivity index (χ1n) is 9.96. The van der Waals surface area contributed by atoms with Crippen molar-refractivity contribution in [3.05, 3.63) is 71.6 Å². The predicted octanol–water partition coefficient (Wildman–Crippen LogP) is 5.16. The van der Waals surface area contributed by atoms with Crippen molar-refractivity contribution in [1.82, 2.24) is 4.98 Å². The minimum Gasteiger partial charge on any atom is -0.493 e. The highest BCUT2D eigenvalue weighted by Crippen LogP contribution is 2.22. The molecule has 0 aliphatic carbocycles. The largest absolute Gasteiger partial charge is 0.493 e. The van der Waals surface area contributed by atoms with Gasteiger partial charge in [0.1, 0.15) is 11.5 Å². The van der Waals surface area contributed by atoms with E-state index in [2.05, 4.69) is 21.9 Å². The average Bonchev–Trinajstić information content (AvgIpc) is 3.12. The second-order valence-electron chi connectivity index (χ2n) is 6.92. The molecule has 0 spiro atoms. The van der Waals surface area contributed by atoms with Gasteiger partial charge in [0.15, 0.2) is 0 Å². The Kier molecular flexibility index (Phi) is 7.45. The Hall–Kier alpha value is -3.08. The fourth-order valence-electron chi connectivity index (χ4n) is 3.12. The molecule has 3 rings (SSSR count). The van der Waals surface area contributed by atoms with Crippen molar-refractivity contribution in [1.29, 1.82) is 0 Å². The number of esters is 1. The van der Waals surface area contributed by atoms with Crippen LogP contribution in [0.2, 0.25) is 0 Å². The Balaban J connectivity index is 1.48. The van der Waals surface area contributed by atoms with Gasteiger partial charge in [0.05, 0.1) is 19.4 Å². The van der Waals surface area contributed by atoms with E-state index >= 15 is 0 Å². The molecule has 0 saturated heterocycles. The SMILES string of the molecule is COC(=O)CCCCc1cccc(OCCc2nc(-c3ccccc3)oc2C)c1. The van der Waals surface area contributed by atoms with Crippen LogP contribution < -0.4 is 4.74 Å². The van der Waals surface area contributed by atoms with Crippen molar-refractivity contribution >= 4 is 5.97 Å². The van der Waals surface area contributed by atoms with E-state index in [-0.39, 0.29) is 5.97 Å². The van der Waals surface area contributed by atoms with Crippen molar-refractivity contribution in [3.63, 3.8) is 0 Å². The van der Waals surface area contributed by atoms with Gasteiger partial charge in [-0.1, -0.05) is 30.3 Å². The maximum absolute atomic E-state index is 11.2. The Morgan fingerprint density at radius 2 is 1.86 bits per heavy atom. The van der Waals surface area contributed by atoms with E-state index in [9.17, 15) is 4.79 Å². The Bertz CT molecular complexity index is 918. The number of hydrogen-bond donors (Lipinski definition) is 0. The van der Waals surface area contributed by atoms with Crippen LogP contribution >= 0.6 is 0 Å². The zero-order valence-electron chi connectivity index (χ0n) is 17.0. The maximum atomic E-state index is 11.2. The van der Waals surface area contributed by atoms with Gasteiger partial charge in [-0.15, -0.1) is 0 Å². The standard InChI is InChI=1S/C24H27NO4/c1-18-22(25-24(29-18)20-11-4-3-5-12-20)15-16-28-21-13-8-10-19(17-21)9-6-7-14-23(26)27-2/h3-5,8,10-13,17H,6-7,9,14-16H2,1-2H3. The number of carbonyl (C=O) groups is 1. The van der Waals surface area contributed by atoms with Crippen LogP contribution in [0.3, 0.4) is 0 Å². The molecule has 152 valence electrons. The van der Waals surface area contributed by atoms with E-state index in [0.29, 0.717) is 25.3 Å².